The molecule has 2 aromatic carbocycles. The van der Waals surface area contributed by atoms with Crippen LogP contribution in [-0.4, -0.2) is 34.4 Å². The molecular weight excluding hydrogens is 426 g/mol. The molecular formula is C22H20ClNO3S2. The van der Waals surface area contributed by atoms with Gasteiger partial charge in [-0.25, -0.2) is 0 Å². The number of carbonyl (C=O) groups is 1. The quantitative estimate of drug-likeness (QED) is 0.445. The van der Waals surface area contributed by atoms with E-state index in [1.807, 2.05) is 54.6 Å². The fourth-order valence-electron chi connectivity index (χ4n) is 3.29. The molecule has 0 N–H and O–H groups in total. The van der Waals surface area contributed by atoms with Crippen LogP contribution in [0.1, 0.15) is 24.0 Å². The van der Waals surface area contributed by atoms with Crippen molar-refractivity contribution in [1.82, 2.24) is 4.90 Å². The average molecular weight is 446 g/mol. The molecule has 2 fully saturated rings. The highest BCUT2D eigenvalue weighted by Crippen LogP contribution is 2.35. The Balaban J connectivity index is 1.50. The minimum atomic E-state index is -0.0728. The minimum Gasteiger partial charge on any atom is -0.488 e. The second-order valence-corrected chi connectivity index (χ2v) is 8.93. The first-order valence-electron chi connectivity index (χ1n) is 9.44. The third-order valence-corrected chi connectivity index (χ3v) is 6.58. The highest BCUT2D eigenvalue weighted by atomic mass is 35.5. The molecule has 0 aliphatic carbocycles. The zero-order valence-corrected chi connectivity index (χ0v) is 18.1. The second-order valence-electron chi connectivity index (χ2n) is 6.85. The van der Waals surface area contributed by atoms with Crippen molar-refractivity contribution in [3.8, 4) is 5.75 Å². The van der Waals surface area contributed by atoms with Gasteiger partial charge in [0.15, 0.2) is 0 Å². The number of halogens is 1. The number of ether oxygens (including phenoxy) is 2. The normalized spacial score (nSPS) is 20.7. The molecule has 2 aliphatic rings. The van der Waals surface area contributed by atoms with Gasteiger partial charge < -0.3 is 9.47 Å². The number of nitrogens with zero attached hydrogens (tertiary/aromatic N) is 1. The van der Waals surface area contributed by atoms with Crippen molar-refractivity contribution < 1.29 is 14.3 Å². The van der Waals surface area contributed by atoms with E-state index in [2.05, 4.69) is 0 Å². The summed E-state index contributed by atoms with van der Waals surface area (Å²) < 4.78 is 12.2. The van der Waals surface area contributed by atoms with Crippen LogP contribution in [0.2, 0.25) is 5.02 Å². The fourth-order valence-corrected chi connectivity index (χ4v) is 4.75. The van der Waals surface area contributed by atoms with Crippen molar-refractivity contribution in [2.75, 3.05) is 13.2 Å². The number of amides is 1. The van der Waals surface area contributed by atoms with Crippen LogP contribution in [0.25, 0.3) is 6.08 Å². The lowest BCUT2D eigenvalue weighted by Crippen LogP contribution is -2.35. The summed E-state index contributed by atoms with van der Waals surface area (Å²) in [5.74, 6) is 0.619. The van der Waals surface area contributed by atoms with Gasteiger partial charge in [0, 0.05) is 22.8 Å². The summed E-state index contributed by atoms with van der Waals surface area (Å²) in [4.78, 5) is 15.1. The highest BCUT2D eigenvalue weighted by molar-refractivity contribution is 8.26. The maximum absolute atomic E-state index is 12.9. The van der Waals surface area contributed by atoms with Crippen LogP contribution in [0.15, 0.2) is 53.4 Å². The molecule has 150 valence electrons. The molecule has 0 radical (unpaired) electrons. The Morgan fingerprint density at radius 2 is 2.03 bits per heavy atom. The molecule has 2 heterocycles. The summed E-state index contributed by atoms with van der Waals surface area (Å²) in [6.07, 6.45) is 3.92. The Kier molecular flexibility index (Phi) is 6.55. The summed E-state index contributed by atoms with van der Waals surface area (Å²) >= 11 is 13.0. The van der Waals surface area contributed by atoms with Crippen molar-refractivity contribution in [1.29, 1.82) is 0 Å². The molecule has 7 heteroatoms. The standard InChI is InChI=1S/C22H20ClNO3S2/c23-18-9-3-1-7-16(18)14-27-19-10-4-2-6-15(19)12-20-21(25)24(22(28)29-20)13-17-8-5-11-26-17/h1-4,6-7,9-10,12,17H,5,8,11,13-14H2/b20-12-/t17-/m1/s1. The van der Waals surface area contributed by atoms with E-state index in [0.29, 0.717) is 33.1 Å². The predicted octanol–water partition coefficient (Wildman–Crippen LogP) is 5.30. The van der Waals surface area contributed by atoms with Crippen LogP contribution >= 0.6 is 35.6 Å². The van der Waals surface area contributed by atoms with Gasteiger partial charge in [0.2, 0.25) is 0 Å². The van der Waals surface area contributed by atoms with Gasteiger partial charge in [-0.1, -0.05) is 72.0 Å². The van der Waals surface area contributed by atoms with Crippen LogP contribution in [-0.2, 0) is 16.1 Å². The van der Waals surface area contributed by atoms with Crippen molar-refractivity contribution in [3.63, 3.8) is 0 Å². The largest absolute Gasteiger partial charge is 0.488 e. The summed E-state index contributed by atoms with van der Waals surface area (Å²) in [7, 11) is 0. The maximum atomic E-state index is 12.9. The van der Waals surface area contributed by atoms with Gasteiger partial charge in [-0.15, -0.1) is 0 Å². The molecule has 0 saturated carbocycles. The number of thioether (sulfide) groups is 1. The van der Waals surface area contributed by atoms with Crippen LogP contribution < -0.4 is 4.74 Å². The number of thiocarbonyl (C=S) groups is 1. The Morgan fingerprint density at radius 3 is 2.83 bits per heavy atom. The molecule has 4 nitrogen and oxygen atoms in total. The smallest absolute Gasteiger partial charge is 0.266 e. The van der Waals surface area contributed by atoms with Gasteiger partial charge in [0.25, 0.3) is 5.91 Å². The van der Waals surface area contributed by atoms with Crippen LogP contribution in [0.5, 0.6) is 5.75 Å². The lowest BCUT2D eigenvalue weighted by atomic mass is 10.1. The number of carbonyl (C=O) groups excluding carboxylic acids is 1. The Hall–Kier alpha value is -1.86. The van der Waals surface area contributed by atoms with E-state index in [9.17, 15) is 4.79 Å². The Bertz CT molecular complexity index is 957. The van der Waals surface area contributed by atoms with Crippen molar-refractivity contribution in [2.24, 2.45) is 0 Å². The van der Waals surface area contributed by atoms with E-state index in [0.717, 1.165) is 30.6 Å². The Labute approximate surface area is 184 Å². The van der Waals surface area contributed by atoms with E-state index in [1.54, 1.807) is 4.90 Å². The van der Waals surface area contributed by atoms with Gasteiger partial charge in [0.05, 0.1) is 17.6 Å². The predicted molar refractivity (Wildman–Crippen MR) is 121 cm³/mol. The van der Waals surface area contributed by atoms with Gasteiger partial charge in [-0.05, 0) is 31.1 Å². The van der Waals surface area contributed by atoms with Gasteiger partial charge in [0.1, 0.15) is 16.7 Å². The molecule has 2 aliphatic heterocycles. The second kappa shape index (κ2) is 9.30. The summed E-state index contributed by atoms with van der Waals surface area (Å²) in [5.41, 5.74) is 1.74. The van der Waals surface area contributed by atoms with Crippen LogP contribution in [0, 0.1) is 0 Å². The van der Waals surface area contributed by atoms with Gasteiger partial charge >= 0.3 is 0 Å². The lowest BCUT2D eigenvalue weighted by Gasteiger charge is -2.18. The third kappa shape index (κ3) is 4.83. The number of para-hydroxylation sites is 1. The molecule has 2 aromatic rings. The first kappa shape index (κ1) is 20.4. The fraction of sp³-hybridized carbons (Fsp3) is 0.273. The molecule has 1 atom stereocenters. The summed E-state index contributed by atoms with van der Waals surface area (Å²) in [6, 6.07) is 15.2. The van der Waals surface area contributed by atoms with Crippen molar-refractivity contribution in [3.05, 3.63) is 69.6 Å². The molecule has 0 bridgehead atoms. The van der Waals surface area contributed by atoms with Crippen LogP contribution in [0.4, 0.5) is 0 Å². The van der Waals surface area contributed by atoms with Gasteiger partial charge in [-0.2, -0.15) is 0 Å². The highest BCUT2D eigenvalue weighted by Gasteiger charge is 2.34. The first-order valence-corrected chi connectivity index (χ1v) is 11.0. The molecule has 0 unspecified atom stereocenters. The zero-order valence-electron chi connectivity index (χ0n) is 15.7. The Morgan fingerprint density at radius 1 is 1.24 bits per heavy atom. The van der Waals surface area contributed by atoms with E-state index in [1.165, 1.54) is 11.8 Å². The SMILES string of the molecule is O=C1/C(=C/c2ccccc2OCc2ccccc2Cl)SC(=S)N1C[C@H]1CCCO1. The molecule has 1 amide bonds. The van der Waals surface area contributed by atoms with E-state index in [4.69, 9.17) is 33.3 Å². The van der Waals surface area contributed by atoms with E-state index < -0.39 is 0 Å². The maximum Gasteiger partial charge on any atom is 0.266 e. The molecule has 0 aromatic heterocycles. The van der Waals surface area contributed by atoms with Crippen molar-refractivity contribution in [2.45, 2.75) is 25.6 Å². The lowest BCUT2D eigenvalue weighted by molar-refractivity contribution is -0.123. The number of rotatable bonds is 6. The molecule has 29 heavy (non-hydrogen) atoms. The van der Waals surface area contributed by atoms with Crippen molar-refractivity contribution >= 4 is 51.9 Å². The van der Waals surface area contributed by atoms with Gasteiger partial charge in [-0.3, -0.25) is 9.69 Å². The van der Waals surface area contributed by atoms with E-state index in [-0.39, 0.29) is 12.0 Å². The van der Waals surface area contributed by atoms with Crippen LogP contribution in [0.3, 0.4) is 0 Å². The first-order chi connectivity index (χ1) is 14.1. The third-order valence-electron chi connectivity index (χ3n) is 4.83. The summed E-state index contributed by atoms with van der Waals surface area (Å²) in [5, 5.41) is 0.667. The number of hydrogen-bond acceptors (Lipinski definition) is 5. The molecule has 4 rings (SSSR count). The monoisotopic (exact) mass is 445 g/mol. The molecule has 0 spiro atoms. The number of benzene rings is 2. The minimum absolute atomic E-state index is 0.0723. The molecule has 2 saturated heterocycles. The summed E-state index contributed by atoms with van der Waals surface area (Å²) in [6.45, 7) is 1.63. The average Bonchev–Trinajstić information content (AvgIpc) is 3.33. The van der Waals surface area contributed by atoms with E-state index >= 15 is 0 Å². The zero-order chi connectivity index (χ0) is 20.2. The topological polar surface area (TPSA) is 38.8 Å². The number of hydrogen-bond donors (Lipinski definition) is 0.